The van der Waals surface area contributed by atoms with Gasteiger partial charge in [0.2, 0.25) is 0 Å². The Morgan fingerprint density at radius 1 is 0.902 bits per heavy atom. The van der Waals surface area contributed by atoms with E-state index in [4.69, 9.17) is 16.2 Å². The monoisotopic (exact) mass is 561 g/mol. The fraction of sp³-hybridized carbons (Fsp3) is 0.400. The van der Waals surface area contributed by atoms with Crippen molar-refractivity contribution in [3.63, 3.8) is 0 Å². The average Bonchev–Trinajstić information content (AvgIpc) is 3.84. The first-order chi connectivity index (χ1) is 19.9. The molecule has 2 aliphatic heterocycles. The van der Waals surface area contributed by atoms with E-state index >= 15 is 0 Å². The number of hydrogen-bond donors (Lipinski definition) is 3. The number of ether oxygens (including phenoxy) is 1. The highest BCUT2D eigenvalue weighted by Gasteiger charge is 2.24. The first-order valence-corrected chi connectivity index (χ1v) is 14.1. The number of aromatic nitrogens is 2. The Balaban J connectivity index is 0.000000216. The van der Waals surface area contributed by atoms with E-state index in [2.05, 4.69) is 37.2 Å². The topological polar surface area (TPSA) is 140 Å². The Hall–Kier alpha value is -4.25. The molecular weight excluding hydrogens is 525 g/mol. The molecule has 0 spiro atoms. The number of amides is 2. The van der Waals surface area contributed by atoms with Crippen LogP contribution in [0.25, 0.3) is 0 Å². The molecule has 10 nitrogen and oxygen atoms in total. The maximum atomic E-state index is 13.2. The van der Waals surface area contributed by atoms with Gasteiger partial charge < -0.3 is 31.3 Å². The number of nitrogens with zero attached hydrogens (tertiary/aromatic N) is 4. The summed E-state index contributed by atoms with van der Waals surface area (Å²) in [6.07, 6.45) is 7.41. The number of hydrogen-bond acceptors (Lipinski definition) is 8. The van der Waals surface area contributed by atoms with E-state index in [9.17, 15) is 14.0 Å². The summed E-state index contributed by atoms with van der Waals surface area (Å²) in [7, 11) is 0. The number of halogens is 1. The fourth-order valence-corrected chi connectivity index (χ4v) is 5.04. The molecule has 0 atom stereocenters. The first kappa shape index (κ1) is 28.3. The van der Waals surface area contributed by atoms with Crippen molar-refractivity contribution in [3.05, 3.63) is 71.3 Å². The van der Waals surface area contributed by atoms with Crippen LogP contribution in [-0.2, 0) is 4.74 Å². The Kier molecular flexibility index (Phi) is 8.93. The number of benzene rings is 2. The van der Waals surface area contributed by atoms with E-state index in [1.54, 1.807) is 12.3 Å². The van der Waals surface area contributed by atoms with E-state index in [0.29, 0.717) is 11.7 Å². The maximum absolute atomic E-state index is 13.2. The highest BCUT2D eigenvalue weighted by atomic mass is 19.1. The van der Waals surface area contributed by atoms with E-state index in [-0.39, 0.29) is 11.3 Å². The summed E-state index contributed by atoms with van der Waals surface area (Å²) in [5, 5.41) is 3.22. The summed E-state index contributed by atoms with van der Waals surface area (Å²) in [5.74, 6) is -0.134. The molecule has 3 fully saturated rings. The van der Waals surface area contributed by atoms with Gasteiger partial charge in [-0.25, -0.2) is 14.4 Å². The quantitative estimate of drug-likeness (QED) is 0.394. The summed E-state index contributed by atoms with van der Waals surface area (Å²) in [6, 6.07) is 12.7. The lowest BCUT2D eigenvalue weighted by Gasteiger charge is -2.29. The van der Waals surface area contributed by atoms with Crippen LogP contribution in [0.3, 0.4) is 0 Å². The summed E-state index contributed by atoms with van der Waals surface area (Å²) in [5.41, 5.74) is 13.6. The van der Waals surface area contributed by atoms with Gasteiger partial charge in [0.05, 0.1) is 25.0 Å². The number of carbonyl (C=O) groups excluding carboxylic acids is 2. The number of nitrogens with one attached hydrogen (secondary N) is 1. The van der Waals surface area contributed by atoms with Crippen molar-refractivity contribution in [3.8, 4) is 0 Å². The molecule has 3 heterocycles. The van der Waals surface area contributed by atoms with Crippen molar-refractivity contribution >= 4 is 34.8 Å². The number of carbonyl (C=O) groups is 2. The van der Waals surface area contributed by atoms with Gasteiger partial charge >= 0.3 is 0 Å². The number of rotatable bonds is 7. The number of primary amides is 2. The highest BCUT2D eigenvalue weighted by molar-refractivity contribution is 5.96. The van der Waals surface area contributed by atoms with Crippen LogP contribution >= 0.6 is 0 Å². The van der Waals surface area contributed by atoms with Crippen LogP contribution in [0.1, 0.15) is 64.4 Å². The van der Waals surface area contributed by atoms with Crippen LogP contribution < -0.4 is 26.6 Å². The Bertz CT molecular complexity index is 1370. The Morgan fingerprint density at radius 3 is 2.22 bits per heavy atom. The standard InChI is InChI=1S/C20H26N6O2.C10H10FNO/c21-19(27)18-20(24-17(14-22-18)26-8-2-1-3-9-26)23-15-4-6-16(7-5-15)25-10-12-28-13-11-25;11-9-5-7(6-1-2-6)3-4-8(9)10(12)13/h4-7,14H,1-3,8-13H2,(H2,21,27)(H,23,24);3-6H,1-2H2,(H2,12,13). The second-order valence-electron chi connectivity index (χ2n) is 10.5. The second-order valence-corrected chi connectivity index (χ2v) is 10.5. The minimum atomic E-state index is -0.708. The molecule has 1 aromatic heterocycles. The maximum Gasteiger partial charge on any atom is 0.271 e. The van der Waals surface area contributed by atoms with E-state index in [1.165, 1.54) is 18.6 Å². The normalized spacial score (nSPS) is 16.9. The van der Waals surface area contributed by atoms with E-state index in [1.807, 2.05) is 12.1 Å². The predicted molar refractivity (Wildman–Crippen MR) is 156 cm³/mol. The van der Waals surface area contributed by atoms with Gasteiger partial charge in [-0.05, 0) is 80.0 Å². The largest absolute Gasteiger partial charge is 0.378 e. The van der Waals surface area contributed by atoms with Crippen molar-refractivity contribution in [2.24, 2.45) is 11.5 Å². The van der Waals surface area contributed by atoms with Crippen LogP contribution in [0, 0.1) is 5.82 Å². The van der Waals surface area contributed by atoms with Crippen LogP contribution in [0.15, 0.2) is 48.7 Å². The van der Waals surface area contributed by atoms with Gasteiger partial charge in [-0.3, -0.25) is 9.59 Å². The molecule has 0 unspecified atom stereocenters. The van der Waals surface area contributed by atoms with Crippen molar-refractivity contribution in [2.75, 3.05) is 54.5 Å². The lowest BCUT2D eigenvalue weighted by atomic mass is 10.1. The zero-order valence-electron chi connectivity index (χ0n) is 23.0. The summed E-state index contributed by atoms with van der Waals surface area (Å²) in [4.78, 5) is 35.9. The van der Waals surface area contributed by atoms with Crippen molar-refractivity contribution in [1.82, 2.24) is 9.97 Å². The van der Waals surface area contributed by atoms with E-state index < -0.39 is 17.6 Å². The average molecular weight is 562 g/mol. The molecule has 0 bridgehead atoms. The predicted octanol–water partition coefficient (Wildman–Crippen LogP) is 3.95. The molecule has 3 aromatic rings. The number of piperidine rings is 1. The molecule has 5 N–H and O–H groups in total. The molecule has 2 aromatic carbocycles. The highest BCUT2D eigenvalue weighted by Crippen LogP contribution is 2.40. The third kappa shape index (κ3) is 7.29. The van der Waals surface area contributed by atoms with E-state index in [0.717, 1.165) is 87.8 Å². The van der Waals surface area contributed by atoms with Crippen molar-refractivity contribution < 1.29 is 18.7 Å². The molecule has 41 heavy (non-hydrogen) atoms. The first-order valence-electron chi connectivity index (χ1n) is 14.1. The molecule has 6 rings (SSSR count). The number of anilines is 4. The SMILES string of the molecule is NC(=O)c1ccc(C2CC2)cc1F.NC(=O)c1ncc(N2CCCCC2)nc1Nc1ccc(N2CCOCC2)cc1. The number of nitrogens with two attached hydrogens (primary N) is 2. The Morgan fingerprint density at radius 2 is 1.61 bits per heavy atom. The van der Waals surface area contributed by atoms with Gasteiger partial charge in [-0.2, -0.15) is 0 Å². The molecule has 0 radical (unpaired) electrons. The lowest BCUT2D eigenvalue weighted by molar-refractivity contribution is 0.0987. The van der Waals surface area contributed by atoms with Crippen LogP contribution in [-0.4, -0.2) is 61.2 Å². The zero-order valence-corrected chi connectivity index (χ0v) is 23.0. The van der Waals surface area contributed by atoms with Gasteiger partial charge in [0.1, 0.15) is 11.6 Å². The molecule has 2 saturated heterocycles. The van der Waals surface area contributed by atoms with Crippen LogP contribution in [0.5, 0.6) is 0 Å². The van der Waals surface area contributed by atoms with Crippen molar-refractivity contribution in [2.45, 2.75) is 38.0 Å². The van der Waals surface area contributed by atoms with Crippen LogP contribution in [0.4, 0.5) is 27.4 Å². The second kappa shape index (κ2) is 12.9. The molecule has 2 amide bonds. The third-order valence-electron chi connectivity index (χ3n) is 7.49. The summed E-state index contributed by atoms with van der Waals surface area (Å²) in [6.45, 7) is 5.20. The zero-order chi connectivity index (χ0) is 28.8. The summed E-state index contributed by atoms with van der Waals surface area (Å²) < 4.78 is 18.6. The van der Waals surface area contributed by atoms with Gasteiger partial charge in [0.25, 0.3) is 11.8 Å². The third-order valence-corrected chi connectivity index (χ3v) is 7.49. The summed E-state index contributed by atoms with van der Waals surface area (Å²) >= 11 is 0. The van der Waals surface area contributed by atoms with Crippen molar-refractivity contribution in [1.29, 1.82) is 0 Å². The minimum Gasteiger partial charge on any atom is -0.378 e. The molecular formula is C30H36FN7O3. The minimum absolute atomic E-state index is 0.0237. The number of morpholine rings is 1. The van der Waals surface area contributed by atoms with Gasteiger partial charge in [0.15, 0.2) is 11.5 Å². The smallest absolute Gasteiger partial charge is 0.271 e. The molecule has 216 valence electrons. The fourth-order valence-electron chi connectivity index (χ4n) is 5.04. The molecule has 1 aliphatic carbocycles. The van der Waals surface area contributed by atoms with Gasteiger partial charge in [-0.15, -0.1) is 0 Å². The van der Waals surface area contributed by atoms with Gasteiger partial charge in [0, 0.05) is 37.6 Å². The molecule has 3 aliphatic rings. The molecule has 11 heteroatoms. The Labute approximate surface area is 238 Å². The van der Waals surface area contributed by atoms with Crippen LogP contribution in [0.2, 0.25) is 0 Å². The lowest BCUT2D eigenvalue weighted by Crippen LogP contribution is -2.36. The molecule has 1 saturated carbocycles. The van der Waals surface area contributed by atoms with Gasteiger partial charge in [-0.1, -0.05) is 6.07 Å².